The molecular formula is C11H18N4. The van der Waals surface area contributed by atoms with Crippen LogP contribution in [0.4, 0.5) is 5.69 Å². The van der Waals surface area contributed by atoms with Crippen LogP contribution in [0.5, 0.6) is 0 Å². The molecular weight excluding hydrogens is 188 g/mol. The molecule has 0 aliphatic rings. The lowest BCUT2D eigenvalue weighted by Crippen LogP contribution is -2.24. The van der Waals surface area contributed by atoms with Crippen LogP contribution >= 0.6 is 0 Å². The quantitative estimate of drug-likeness (QED) is 0.568. The number of nitrogen functional groups attached to an aromatic ring is 1. The number of pyridine rings is 1. The zero-order valence-electron chi connectivity index (χ0n) is 9.33. The summed E-state index contributed by atoms with van der Waals surface area (Å²) in [6.07, 6.45) is 2.80. The van der Waals surface area contributed by atoms with Crippen molar-refractivity contribution in [3.63, 3.8) is 0 Å². The summed E-state index contributed by atoms with van der Waals surface area (Å²) in [5.74, 6) is 0.0180. The third-order valence-electron chi connectivity index (χ3n) is 2.26. The molecule has 0 saturated heterocycles. The molecule has 82 valence electrons. The number of amidine groups is 1. The summed E-state index contributed by atoms with van der Waals surface area (Å²) in [5.41, 5.74) is 7.03. The standard InChI is InChI=1S/C11H18N4/c1-3-7-15(4-2)9-5-6-14-10(8-9)11(12)13/h5-6,8H,3-4,7H2,1-2H3,(H3,12,13). The fourth-order valence-electron chi connectivity index (χ4n) is 1.50. The van der Waals surface area contributed by atoms with Crippen molar-refractivity contribution in [1.82, 2.24) is 4.98 Å². The fourth-order valence-corrected chi connectivity index (χ4v) is 1.50. The molecule has 0 saturated carbocycles. The minimum atomic E-state index is 0.0180. The van der Waals surface area contributed by atoms with Gasteiger partial charge in [0.2, 0.25) is 0 Å². The van der Waals surface area contributed by atoms with Gasteiger partial charge in [0.1, 0.15) is 11.5 Å². The molecule has 3 N–H and O–H groups in total. The monoisotopic (exact) mass is 206 g/mol. The van der Waals surface area contributed by atoms with E-state index >= 15 is 0 Å². The lowest BCUT2D eigenvalue weighted by Gasteiger charge is -2.22. The van der Waals surface area contributed by atoms with Crippen LogP contribution in [0, 0.1) is 5.41 Å². The minimum Gasteiger partial charge on any atom is -0.382 e. The third-order valence-corrected chi connectivity index (χ3v) is 2.26. The van der Waals surface area contributed by atoms with Crippen molar-refractivity contribution in [3.05, 3.63) is 24.0 Å². The number of nitrogens with one attached hydrogen (secondary N) is 1. The van der Waals surface area contributed by atoms with Gasteiger partial charge in [-0.25, -0.2) is 0 Å². The minimum absolute atomic E-state index is 0.0180. The molecule has 0 fully saturated rings. The SMILES string of the molecule is CCCN(CC)c1ccnc(C(=N)N)c1. The second-order valence-electron chi connectivity index (χ2n) is 3.39. The first-order chi connectivity index (χ1) is 7.19. The highest BCUT2D eigenvalue weighted by molar-refractivity contribution is 5.93. The topological polar surface area (TPSA) is 66.0 Å². The molecule has 4 heteroatoms. The van der Waals surface area contributed by atoms with Crippen LogP contribution in [-0.4, -0.2) is 23.9 Å². The van der Waals surface area contributed by atoms with Gasteiger partial charge < -0.3 is 10.6 Å². The second-order valence-corrected chi connectivity index (χ2v) is 3.39. The van der Waals surface area contributed by atoms with Gasteiger partial charge in [-0.3, -0.25) is 10.4 Å². The fraction of sp³-hybridized carbons (Fsp3) is 0.455. The predicted octanol–water partition coefficient (Wildman–Crippen LogP) is 1.60. The number of aromatic nitrogens is 1. The summed E-state index contributed by atoms with van der Waals surface area (Å²) >= 11 is 0. The molecule has 0 aliphatic heterocycles. The van der Waals surface area contributed by atoms with Gasteiger partial charge in [0.25, 0.3) is 0 Å². The Hall–Kier alpha value is -1.58. The van der Waals surface area contributed by atoms with Gasteiger partial charge in [0, 0.05) is 25.0 Å². The molecule has 0 aliphatic carbocycles. The van der Waals surface area contributed by atoms with E-state index in [2.05, 4.69) is 23.7 Å². The Labute approximate surface area is 90.6 Å². The van der Waals surface area contributed by atoms with Crippen molar-refractivity contribution in [1.29, 1.82) is 5.41 Å². The summed E-state index contributed by atoms with van der Waals surface area (Å²) in [7, 11) is 0. The number of anilines is 1. The Morgan fingerprint density at radius 3 is 2.80 bits per heavy atom. The normalized spacial score (nSPS) is 10.0. The maximum atomic E-state index is 7.33. The Morgan fingerprint density at radius 2 is 2.27 bits per heavy atom. The largest absolute Gasteiger partial charge is 0.382 e. The van der Waals surface area contributed by atoms with Gasteiger partial charge in [0.15, 0.2) is 0 Å². The van der Waals surface area contributed by atoms with E-state index in [1.165, 1.54) is 0 Å². The number of rotatable bonds is 5. The van der Waals surface area contributed by atoms with E-state index in [0.29, 0.717) is 5.69 Å². The molecule has 0 amide bonds. The van der Waals surface area contributed by atoms with Crippen LogP contribution in [0.15, 0.2) is 18.3 Å². The lowest BCUT2D eigenvalue weighted by atomic mass is 10.2. The number of nitrogens with two attached hydrogens (primary N) is 1. The van der Waals surface area contributed by atoms with E-state index in [4.69, 9.17) is 11.1 Å². The molecule has 0 aromatic carbocycles. The van der Waals surface area contributed by atoms with Gasteiger partial charge in [-0.1, -0.05) is 6.92 Å². The van der Waals surface area contributed by atoms with Crippen molar-refractivity contribution in [2.45, 2.75) is 20.3 Å². The van der Waals surface area contributed by atoms with Crippen LogP contribution < -0.4 is 10.6 Å². The van der Waals surface area contributed by atoms with Crippen molar-refractivity contribution in [3.8, 4) is 0 Å². The number of nitrogens with zero attached hydrogens (tertiary/aromatic N) is 2. The number of hydrogen-bond acceptors (Lipinski definition) is 3. The number of hydrogen-bond donors (Lipinski definition) is 2. The van der Waals surface area contributed by atoms with E-state index in [9.17, 15) is 0 Å². The van der Waals surface area contributed by atoms with Gasteiger partial charge in [0.05, 0.1) is 0 Å². The summed E-state index contributed by atoms with van der Waals surface area (Å²) in [4.78, 5) is 6.28. The van der Waals surface area contributed by atoms with E-state index < -0.39 is 0 Å². The smallest absolute Gasteiger partial charge is 0.141 e. The van der Waals surface area contributed by atoms with Crippen molar-refractivity contribution < 1.29 is 0 Å². The third kappa shape index (κ3) is 2.94. The average molecular weight is 206 g/mol. The first-order valence-corrected chi connectivity index (χ1v) is 5.24. The molecule has 0 radical (unpaired) electrons. The zero-order chi connectivity index (χ0) is 11.3. The van der Waals surface area contributed by atoms with E-state index in [-0.39, 0.29) is 5.84 Å². The molecule has 1 aromatic heterocycles. The molecule has 0 spiro atoms. The lowest BCUT2D eigenvalue weighted by molar-refractivity contribution is 0.791. The molecule has 0 unspecified atom stereocenters. The molecule has 1 heterocycles. The Bertz CT molecular complexity index is 335. The van der Waals surface area contributed by atoms with Crippen LogP contribution in [0.25, 0.3) is 0 Å². The Morgan fingerprint density at radius 1 is 1.53 bits per heavy atom. The van der Waals surface area contributed by atoms with Crippen molar-refractivity contribution in [2.24, 2.45) is 5.73 Å². The van der Waals surface area contributed by atoms with Crippen LogP contribution in [0.1, 0.15) is 26.0 Å². The summed E-state index contributed by atoms with van der Waals surface area (Å²) in [6.45, 7) is 6.23. The maximum Gasteiger partial charge on any atom is 0.141 e. The van der Waals surface area contributed by atoms with Gasteiger partial charge in [-0.2, -0.15) is 0 Å². The van der Waals surface area contributed by atoms with E-state index in [0.717, 1.165) is 25.2 Å². The first kappa shape index (κ1) is 11.5. The van der Waals surface area contributed by atoms with Crippen molar-refractivity contribution >= 4 is 11.5 Å². The molecule has 1 rings (SSSR count). The van der Waals surface area contributed by atoms with E-state index in [1.807, 2.05) is 12.1 Å². The van der Waals surface area contributed by atoms with Crippen molar-refractivity contribution in [2.75, 3.05) is 18.0 Å². The van der Waals surface area contributed by atoms with Gasteiger partial charge in [-0.15, -0.1) is 0 Å². The summed E-state index contributed by atoms with van der Waals surface area (Å²) < 4.78 is 0. The van der Waals surface area contributed by atoms with Crippen LogP contribution in [-0.2, 0) is 0 Å². The van der Waals surface area contributed by atoms with Crippen LogP contribution in [0.2, 0.25) is 0 Å². The average Bonchev–Trinajstić information content (AvgIpc) is 2.26. The second kappa shape index (κ2) is 5.34. The zero-order valence-corrected chi connectivity index (χ0v) is 9.33. The van der Waals surface area contributed by atoms with Gasteiger partial charge in [-0.05, 0) is 25.5 Å². The van der Waals surface area contributed by atoms with E-state index in [1.54, 1.807) is 6.20 Å². The predicted molar refractivity (Wildman–Crippen MR) is 63.4 cm³/mol. The summed E-state index contributed by atoms with van der Waals surface area (Å²) in [6, 6.07) is 3.81. The molecule has 1 aromatic rings. The molecule has 0 atom stereocenters. The Kier molecular flexibility index (Phi) is 4.09. The molecule has 15 heavy (non-hydrogen) atoms. The van der Waals surface area contributed by atoms with Gasteiger partial charge >= 0.3 is 0 Å². The maximum absolute atomic E-state index is 7.33. The summed E-state index contributed by atoms with van der Waals surface area (Å²) in [5, 5.41) is 7.33. The molecule has 4 nitrogen and oxygen atoms in total. The highest BCUT2D eigenvalue weighted by Gasteiger charge is 2.05. The van der Waals surface area contributed by atoms with Crippen LogP contribution in [0.3, 0.4) is 0 Å². The first-order valence-electron chi connectivity index (χ1n) is 5.24. The molecule has 0 bridgehead atoms. The Balaban J connectivity index is 2.92. The highest BCUT2D eigenvalue weighted by atomic mass is 15.1. The highest BCUT2D eigenvalue weighted by Crippen LogP contribution is 2.14.